The number of carbonyl (C=O) groups is 1. The fraction of sp³-hybridized carbons (Fsp3) is 0.350. The average Bonchev–Trinajstić information content (AvgIpc) is 2.67. The van der Waals surface area contributed by atoms with Crippen molar-refractivity contribution >= 4 is 27.5 Å². The normalized spacial score (nSPS) is 16.1. The Balaban J connectivity index is 1.77. The molecule has 3 rings (SSSR count). The van der Waals surface area contributed by atoms with Gasteiger partial charge >= 0.3 is 0 Å². The molecule has 2 aromatic rings. The van der Waals surface area contributed by atoms with Gasteiger partial charge in [0.05, 0.1) is 5.02 Å². The average molecular weight is 422 g/mol. The lowest BCUT2D eigenvalue weighted by Gasteiger charge is -2.31. The fourth-order valence-corrected chi connectivity index (χ4v) is 5.04. The van der Waals surface area contributed by atoms with Crippen molar-refractivity contribution in [1.29, 1.82) is 0 Å². The largest absolute Gasteiger partial charge is 0.348 e. The van der Waals surface area contributed by atoms with Crippen LogP contribution in [0.15, 0.2) is 47.4 Å². The molecule has 1 saturated heterocycles. The maximum atomic E-state index is 13.0. The van der Waals surface area contributed by atoms with Gasteiger partial charge in [-0.15, -0.1) is 0 Å². The highest BCUT2D eigenvalue weighted by atomic mass is 35.5. The van der Waals surface area contributed by atoms with E-state index in [4.69, 9.17) is 11.6 Å². The van der Waals surface area contributed by atoms with E-state index in [-0.39, 0.29) is 21.4 Å². The van der Waals surface area contributed by atoms with E-state index in [1.165, 1.54) is 22.5 Å². The third kappa shape index (κ3) is 4.72. The van der Waals surface area contributed by atoms with E-state index >= 15 is 0 Å². The van der Waals surface area contributed by atoms with Gasteiger partial charge in [-0.2, -0.15) is 4.31 Å². The lowest BCUT2D eigenvalue weighted by Crippen LogP contribution is -2.47. The molecule has 28 heavy (non-hydrogen) atoms. The molecule has 0 aromatic heterocycles. The lowest BCUT2D eigenvalue weighted by molar-refractivity contribution is 0.0950. The number of hydrogen-bond acceptors (Lipinski definition) is 4. The summed E-state index contributed by atoms with van der Waals surface area (Å²) < 4.78 is 27.4. The summed E-state index contributed by atoms with van der Waals surface area (Å²) in [5, 5.41) is 2.95. The van der Waals surface area contributed by atoms with Crippen molar-refractivity contribution in [2.24, 2.45) is 0 Å². The van der Waals surface area contributed by atoms with Crippen LogP contribution < -0.4 is 5.32 Å². The summed E-state index contributed by atoms with van der Waals surface area (Å²) in [6, 6.07) is 12.2. The predicted octanol–water partition coefficient (Wildman–Crippen LogP) is 2.51. The quantitative estimate of drug-likeness (QED) is 0.805. The van der Waals surface area contributed by atoms with Crippen molar-refractivity contribution in [3.63, 3.8) is 0 Å². The Morgan fingerprint density at radius 2 is 1.82 bits per heavy atom. The summed E-state index contributed by atoms with van der Waals surface area (Å²) in [6.07, 6.45) is 0. The van der Waals surface area contributed by atoms with Crippen LogP contribution >= 0.6 is 11.6 Å². The summed E-state index contributed by atoms with van der Waals surface area (Å²) in [5.74, 6) is -0.340. The molecule has 0 aliphatic carbocycles. The van der Waals surface area contributed by atoms with Crippen LogP contribution in [0, 0.1) is 6.92 Å². The number of carbonyl (C=O) groups excluding carboxylic acids is 1. The van der Waals surface area contributed by atoms with Crippen molar-refractivity contribution in [3.8, 4) is 0 Å². The van der Waals surface area contributed by atoms with Gasteiger partial charge in [-0.3, -0.25) is 4.79 Å². The molecule has 0 radical (unpaired) electrons. The Hall–Kier alpha value is -1.93. The SMILES string of the molecule is Cc1cccc(CNC(=O)c2ccc(Cl)c(S(=O)(=O)N3CCN(C)CC3)c2)c1. The van der Waals surface area contributed by atoms with Crippen molar-refractivity contribution in [1.82, 2.24) is 14.5 Å². The number of benzene rings is 2. The number of hydrogen-bond donors (Lipinski definition) is 1. The molecule has 150 valence electrons. The van der Waals surface area contributed by atoms with Crippen LogP contribution in [-0.4, -0.2) is 56.8 Å². The van der Waals surface area contributed by atoms with Gasteiger partial charge in [-0.05, 0) is 37.7 Å². The summed E-state index contributed by atoms with van der Waals surface area (Å²) in [5.41, 5.74) is 2.36. The van der Waals surface area contributed by atoms with Crippen LogP contribution in [0.25, 0.3) is 0 Å². The molecule has 1 amide bonds. The number of aryl methyl sites for hydroxylation is 1. The minimum absolute atomic E-state index is 0.0260. The number of halogens is 1. The molecule has 6 nitrogen and oxygen atoms in total. The second-order valence-electron chi connectivity index (χ2n) is 7.02. The minimum atomic E-state index is -3.75. The van der Waals surface area contributed by atoms with E-state index in [2.05, 4.69) is 10.2 Å². The van der Waals surface area contributed by atoms with Crippen molar-refractivity contribution in [3.05, 3.63) is 64.2 Å². The number of piperazine rings is 1. The third-order valence-electron chi connectivity index (χ3n) is 4.81. The molecule has 8 heteroatoms. The molecule has 1 heterocycles. The first-order chi connectivity index (χ1) is 13.3. The Kier molecular flexibility index (Phi) is 6.40. The summed E-state index contributed by atoms with van der Waals surface area (Å²) >= 11 is 6.18. The highest BCUT2D eigenvalue weighted by molar-refractivity contribution is 7.89. The number of likely N-dealkylation sites (N-methyl/N-ethyl adjacent to an activating group) is 1. The van der Waals surface area contributed by atoms with Gasteiger partial charge in [-0.25, -0.2) is 8.42 Å². The maximum absolute atomic E-state index is 13.0. The van der Waals surface area contributed by atoms with E-state index in [0.29, 0.717) is 32.7 Å². The number of sulfonamides is 1. The molecular weight excluding hydrogens is 398 g/mol. The standard InChI is InChI=1S/C20H24ClN3O3S/c1-15-4-3-5-16(12-15)14-22-20(25)17-6-7-18(21)19(13-17)28(26,27)24-10-8-23(2)9-11-24/h3-7,12-13H,8-11,14H2,1-2H3,(H,22,25). The Morgan fingerprint density at radius 1 is 1.11 bits per heavy atom. The highest BCUT2D eigenvalue weighted by Crippen LogP contribution is 2.26. The topological polar surface area (TPSA) is 69.7 Å². The molecular formula is C20H24ClN3O3S. The van der Waals surface area contributed by atoms with Gasteiger partial charge in [0.1, 0.15) is 4.90 Å². The minimum Gasteiger partial charge on any atom is -0.348 e. The van der Waals surface area contributed by atoms with E-state index in [9.17, 15) is 13.2 Å². The summed E-state index contributed by atoms with van der Waals surface area (Å²) in [6.45, 7) is 4.47. The zero-order chi connectivity index (χ0) is 20.3. The Morgan fingerprint density at radius 3 is 2.50 bits per heavy atom. The monoisotopic (exact) mass is 421 g/mol. The molecule has 1 aliphatic rings. The first-order valence-corrected chi connectivity index (χ1v) is 10.9. The Labute approximate surface area is 171 Å². The van der Waals surface area contributed by atoms with Crippen molar-refractivity contribution in [2.75, 3.05) is 33.2 Å². The predicted molar refractivity (Wildman–Crippen MR) is 110 cm³/mol. The molecule has 0 saturated carbocycles. The first-order valence-electron chi connectivity index (χ1n) is 9.09. The Bertz CT molecular complexity index is 970. The van der Waals surface area contributed by atoms with Crippen LogP contribution in [0.4, 0.5) is 0 Å². The van der Waals surface area contributed by atoms with Crippen LogP contribution in [-0.2, 0) is 16.6 Å². The highest BCUT2D eigenvalue weighted by Gasteiger charge is 2.29. The first kappa shape index (κ1) is 20.8. The van der Waals surface area contributed by atoms with Crippen LogP contribution in [0.5, 0.6) is 0 Å². The number of rotatable bonds is 5. The van der Waals surface area contributed by atoms with Gasteiger partial charge in [0, 0.05) is 38.3 Å². The van der Waals surface area contributed by atoms with E-state index in [1.807, 2.05) is 38.2 Å². The van der Waals surface area contributed by atoms with E-state index < -0.39 is 10.0 Å². The van der Waals surface area contributed by atoms with E-state index in [0.717, 1.165) is 11.1 Å². The second kappa shape index (κ2) is 8.61. The summed E-state index contributed by atoms with van der Waals surface area (Å²) in [4.78, 5) is 14.6. The zero-order valence-electron chi connectivity index (χ0n) is 16.0. The van der Waals surface area contributed by atoms with Gasteiger partial charge in [0.25, 0.3) is 5.91 Å². The molecule has 1 fully saturated rings. The van der Waals surface area contributed by atoms with Crippen LogP contribution in [0.1, 0.15) is 21.5 Å². The second-order valence-corrected chi connectivity index (χ2v) is 9.34. The van der Waals surface area contributed by atoms with Crippen LogP contribution in [0.2, 0.25) is 5.02 Å². The molecule has 0 atom stereocenters. The van der Waals surface area contributed by atoms with Crippen LogP contribution in [0.3, 0.4) is 0 Å². The van der Waals surface area contributed by atoms with Gasteiger partial charge in [0.2, 0.25) is 10.0 Å². The molecule has 1 aliphatic heterocycles. The lowest BCUT2D eigenvalue weighted by atomic mass is 10.1. The van der Waals surface area contributed by atoms with Gasteiger partial charge < -0.3 is 10.2 Å². The number of amides is 1. The molecule has 0 unspecified atom stereocenters. The van der Waals surface area contributed by atoms with Crippen molar-refractivity contribution in [2.45, 2.75) is 18.4 Å². The summed E-state index contributed by atoms with van der Waals surface area (Å²) in [7, 11) is -1.80. The molecule has 1 N–H and O–H groups in total. The van der Waals surface area contributed by atoms with E-state index in [1.54, 1.807) is 0 Å². The fourth-order valence-electron chi connectivity index (χ4n) is 3.12. The van der Waals surface area contributed by atoms with Gasteiger partial charge in [-0.1, -0.05) is 41.4 Å². The third-order valence-corrected chi connectivity index (χ3v) is 7.19. The molecule has 0 bridgehead atoms. The molecule has 2 aromatic carbocycles. The smallest absolute Gasteiger partial charge is 0.251 e. The number of nitrogens with zero attached hydrogens (tertiary/aromatic N) is 2. The number of nitrogens with one attached hydrogen (secondary N) is 1. The molecule has 0 spiro atoms. The maximum Gasteiger partial charge on any atom is 0.251 e. The van der Waals surface area contributed by atoms with Gasteiger partial charge in [0.15, 0.2) is 0 Å². The van der Waals surface area contributed by atoms with Crippen molar-refractivity contribution < 1.29 is 13.2 Å². The zero-order valence-corrected chi connectivity index (χ0v) is 17.6.